The number of nitrogens with one attached hydrogen (secondary N) is 1. The van der Waals surface area contributed by atoms with Gasteiger partial charge in [0, 0.05) is 11.1 Å². The van der Waals surface area contributed by atoms with Crippen LogP contribution >= 0.6 is 25.3 Å². The van der Waals surface area contributed by atoms with Crippen LogP contribution in [0, 0.1) is 0 Å². The van der Waals surface area contributed by atoms with Crippen molar-refractivity contribution in [1.29, 1.82) is 0 Å². The lowest BCUT2D eigenvalue weighted by Gasteiger charge is -1.79. The highest BCUT2D eigenvalue weighted by Crippen LogP contribution is 2.13. The summed E-state index contributed by atoms with van der Waals surface area (Å²) < 4.78 is 0. The molecule has 1 nitrogen and oxygen atoms in total. The molecular formula is C4H5NS2. The van der Waals surface area contributed by atoms with Crippen molar-refractivity contribution in [1.82, 2.24) is 4.98 Å². The van der Waals surface area contributed by atoms with Crippen LogP contribution in [0.3, 0.4) is 0 Å². The van der Waals surface area contributed by atoms with Gasteiger partial charge < -0.3 is 4.98 Å². The van der Waals surface area contributed by atoms with Gasteiger partial charge in [-0.3, -0.25) is 0 Å². The molecule has 1 aromatic heterocycles. The number of aromatic amines is 1. The molecule has 1 heterocycles. The molecule has 0 aromatic carbocycles. The maximum absolute atomic E-state index is 4.04. The third-order valence-electron chi connectivity index (χ3n) is 0.704. The van der Waals surface area contributed by atoms with Gasteiger partial charge in [-0.25, -0.2) is 0 Å². The van der Waals surface area contributed by atoms with E-state index in [1.165, 1.54) is 0 Å². The Labute approximate surface area is 53.0 Å². The van der Waals surface area contributed by atoms with Crippen molar-refractivity contribution >= 4 is 25.3 Å². The first-order chi connectivity index (χ1) is 3.30. The lowest BCUT2D eigenvalue weighted by molar-refractivity contribution is 1.14. The van der Waals surface area contributed by atoms with Crippen molar-refractivity contribution in [3.8, 4) is 0 Å². The van der Waals surface area contributed by atoms with E-state index >= 15 is 0 Å². The van der Waals surface area contributed by atoms with Crippen LogP contribution in [0.5, 0.6) is 0 Å². The lowest BCUT2D eigenvalue weighted by atomic mass is 10.7. The Morgan fingerprint density at radius 3 is 2.29 bits per heavy atom. The Morgan fingerprint density at radius 1 is 1.43 bits per heavy atom. The second kappa shape index (κ2) is 1.84. The average Bonchev–Trinajstić information content (AvgIpc) is 1.91. The van der Waals surface area contributed by atoms with Gasteiger partial charge >= 0.3 is 0 Å². The SMILES string of the molecule is Sc1cc[nH]c1S. The summed E-state index contributed by atoms with van der Waals surface area (Å²) in [6, 6.07) is 1.85. The first-order valence-corrected chi connectivity index (χ1v) is 2.75. The van der Waals surface area contributed by atoms with Crippen LogP contribution in [0.1, 0.15) is 0 Å². The topological polar surface area (TPSA) is 15.8 Å². The van der Waals surface area contributed by atoms with E-state index in [0.29, 0.717) is 0 Å². The minimum absolute atomic E-state index is 0.823. The predicted molar refractivity (Wildman–Crippen MR) is 35.3 cm³/mol. The average molecular weight is 131 g/mol. The Bertz CT molecular complexity index is 142. The number of rotatable bonds is 0. The van der Waals surface area contributed by atoms with Crippen molar-refractivity contribution in [2.45, 2.75) is 9.92 Å². The van der Waals surface area contributed by atoms with Gasteiger partial charge in [0.25, 0.3) is 0 Å². The molecule has 0 saturated carbocycles. The number of H-pyrrole nitrogens is 1. The van der Waals surface area contributed by atoms with E-state index in [4.69, 9.17) is 0 Å². The highest BCUT2D eigenvalue weighted by atomic mass is 32.1. The van der Waals surface area contributed by atoms with Crippen LogP contribution in [0.25, 0.3) is 0 Å². The minimum Gasteiger partial charge on any atom is -0.356 e. The van der Waals surface area contributed by atoms with Gasteiger partial charge in [0.05, 0.1) is 5.03 Å². The smallest absolute Gasteiger partial charge is 0.0826 e. The van der Waals surface area contributed by atoms with Gasteiger partial charge in [0.15, 0.2) is 0 Å². The van der Waals surface area contributed by atoms with Crippen molar-refractivity contribution in [2.24, 2.45) is 0 Å². The maximum atomic E-state index is 4.04. The van der Waals surface area contributed by atoms with Gasteiger partial charge in [-0.2, -0.15) is 0 Å². The van der Waals surface area contributed by atoms with E-state index in [1.54, 1.807) is 6.20 Å². The number of hydrogen-bond donors (Lipinski definition) is 3. The van der Waals surface area contributed by atoms with Gasteiger partial charge in [-0.1, -0.05) is 0 Å². The Kier molecular flexibility index (Phi) is 1.35. The summed E-state index contributed by atoms with van der Waals surface area (Å²) in [7, 11) is 0. The van der Waals surface area contributed by atoms with Crippen LogP contribution in [0.15, 0.2) is 22.2 Å². The molecule has 7 heavy (non-hydrogen) atoms. The zero-order valence-corrected chi connectivity index (χ0v) is 5.34. The molecular weight excluding hydrogens is 126 g/mol. The lowest BCUT2D eigenvalue weighted by Crippen LogP contribution is -1.57. The fourth-order valence-electron chi connectivity index (χ4n) is 0.352. The molecule has 38 valence electrons. The maximum Gasteiger partial charge on any atom is 0.0826 e. The number of thiol groups is 2. The normalized spacial score (nSPS) is 9.43. The molecule has 0 bridgehead atoms. The molecule has 0 unspecified atom stereocenters. The first-order valence-electron chi connectivity index (χ1n) is 1.86. The Balaban J connectivity index is 3.12. The zero-order chi connectivity index (χ0) is 5.28. The van der Waals surface area contributed by atoms with E-state index in [2.05, 4.69) is 30.2 Å². The standard InChI is InChI=1S/C4H5NS2/c6-3-1-2-5-4(3)7/h1-2,5-7H. The second-order valence-electron chi connectivity index (χ2n) is 1.21. The number of aromatic nitrogens is 1. The van der Waals surface area contributed by atoms with Crippen molar-refractivity contribution in [2.75, 3.05) is 0 Å². The van der Waals surface area contributed by atoms with E-state index in [9.17, 15) is 0 Å². The third kappa shape index (κ3) is 0.951. The second-order valence-corrected chi connectivity index (χ2v) is 2.14. The summed E-state index contributed by atoms with van der Waals surface area (Å²) in [6.07, 6.45) is 1.80. The summed E-state index contributed by atoms with van der Waals surface area (Å²) in [5, 5.41) is 0.823. The molecule has 0 fully saturated rings. The summed E-state index contributed by atoms with van der Waals surface area (Å²) in [6.45, 7) is 0. The van der Waals surface area contributed by atoms with Gasteiger partial charge in [0.1, 0.15) is 0 Å². The number of hydrogen-bond acceptors (Lipinski definition) is 2. The molecule has 1 N–H and O–H groups in total. The fraction of sp³-hybridized carbons (Fsp3) is 0. The summed E-state index contributed by atoms with van der Waals surface area (Å²) in [5.74, 6) is 0. The zero-order valence-electron chi connectivity index (χ0n) is 3.55. The van der Waals surface area contributed by atoms with Gasteiger partial charge in [-0.15, -0.1) is 25.3 Å². The van der Waals surface area contributed by atoms with Crippen LogP contribution in [0.2, 0.25) is 0 Å². The molecule has 0 aliphatic rings. The van der Waals surface area contributed by atoms with E-state index < -0.39 is 0 Å². The largest absolute Gasteiger partial charge is 0.356 e. The van der Waals surface area contributed by atoms with Gasteiger partial charge in [0.2, 0.25) is 0 Å². The highest BCUT2D eigenvalue weighted by Gasteiger charge is 1.88. The summed E-state index contributed by atoms with van der Waals surface area (Å²) in [4.78, 5) is 3.75. The van der Waals surface area contributed by atoms with Crippen LogP contribution in [-0.2, 0) is 0 Å². The highest BCUT2D eigenvalue weighted by molar-refractivity contribution is 7.83. The fourth-order valence-corrected chi connectivity index (χ4v) is 0.641. The van der Waals surface area contributed by atoms with Gasteiger partial charge in [-0.05, 0) is 6.07 Å². The molecule has 0 amide bonds. The van der Waals surface area contributed by atoms with Crippen LogP contribution in [0.4, 0.5) is 0 Å². The third-order valence-corrected chi connectivity index (χ3v) is 1.62. The molecule has 1 aromatic rings. The Hall–Kier alpha value is -0.0200. The van der Waals surface area contributed by atoms with E-state index in [0.717, 1.165) is 9.92 Å². The molecule has 0 atom stereocenters. The van der Waals surface area contributed by atoms with Crippen molar-refractivity contribution in [3.63, 3.8) is 0 Å². The van der Waals surface area contributed by atoms with E-state index in [1.807, 2.05) is 6.07 Å². The molecule has 0 spiro atoms. The molecule has 0 aliphatic carbocycles. The molecule has 0 radical (unpaired) electrons. The summed E-state index contributed by atoms with van der Waals surface area (Å²) in [5.41, 5.74) is 0. The predicted octanol–water partition coefficient (Wildman–Crippen LogP) is 1.59. The Morgan fingerprint density at radius 2 is 2.14 bits per heavy atom. The van der Waals surface area contributed by atoms with Crippen molar-refractivity contribution in [3.05, 3.63) is 12.3 Å². The summed E-state index contributed by atoms with van der Waals surface area (Å²) >= 11 is 8.06. The van der Waals surface area contributed by atoms with Crippen molar-refractivity contribution < 1.29 is 0 Å². The molecule has 3 heteroatoms. The monoisotopic (exact) mass is 131 g/mol. The molecule has 1 rings (SSSR count). The minimum atomic E-state index is 0.823. The first kappa shape index (κ1) is 5.12. The molecule has 0 saturated heterocycles. The van der Waals surface area contributed by atoms with Crippen LogP contribution in [-0.4, -0.2) is 4.98 Å². The van der Waals surface area contributed by atoms with Crippen LogP contribution < -0.4 is 0 Å². The van der Waals surface area contributed by atoms with E-state index in [-0.39, 0.29) is 0 Å². The molecule has 0 aliphatic heterocycles. The quantitative estimate of drug-likeness (QED) is 0.443.